The average molecular weight is 369 g/mol. The van der Waals surface area contributed by atoms with Crippen molar-refractivity contribution in [2.75, 3.05) is 27.2 Å². The number of nitrogens with zero attached hydrogens (tertiary/aromatic N) is 2. The Labute approximate surface area is 154 Å². The lowest BCUT2D eigenvalue weighted by Crippen LogP contribution is -2.68. The van der Waals surface area contributed by atoms with Crippen molar-refractivity contribution in [2.45, 2.75) is 69.1 Å². The van der Waals surface area contributed by atoms with Crippen molar-refractivity contribution in [3.05, 3.63) is 0 Å². The summed E-state index contributed by atoms with van der Waals surface area (Å²) in [5.41, 5.74) is 0.290. The van der Waals surface area contributed by atoms with Crippen LogP contribution in [0.15, 0.2) is 0 Å². The highest BCUT2D eigenvalue weighted by Gasteiger charge is 2.60. The number of amides is 1. The minimum Gasteiger partial charge on any atom is -0.598 e. The summed E-state index contributed by atoms with van der Waals surface area (Å²) >= 11 is -0.887. The second-order valence-corrected chi connectivity index (χ2v) is 11.1. The van der Waals surface area contributed by atoms with Gasteiger partial charge in [0.1, 0.15) is 5.25 Å². The lowest BCUT2D eigenvalue weighted by atomic mass is 9.55. The molecule has 1 aliphatic heterocycles. The van der Waals surface area contributed by atoms with Crippen molar-refractivity contribution in [1.29, 1.82) is 0 Å². The van der Waals surface area contributed by atoms with Gasteiger partial charge in [0.15, 0.2) is 0 Å². The predicted octanol–water partition coefficient (Wildman–Crippen LogP) is 3.17. The van der Waals surface area contributed by atoms with Crippen LogP contribution in [-0.4, -0.2) is 57.9 Å². The average Bonchev–Trinajstić information content (AvgIpc) is 3.01. The molecule has 3 saturated carbocycles. The third-order valence-corrected chi connectivity index (χ3v) is 9.28. The molecule has 25 heavy (non-hydrogen) atoms. The molecule has 3 aliphatic carbocycles. The van der Waals surface area contributed by atoms with Gasteiger partial charge in [-0.05, 0) is 31.6 Å². The molecule has 0 N–H and O–H groups in total. The predicted molar refractivity (Wildman–Crippen MR) is 98.4 cm³/mol. The molecule has 1 unspecified atom stereocenters. The van der Waals surface area contributed by atoms with Gasteiger partial charge in [-0.3, -0.25) is 0 Å². The van der Waals surface area contributed by atoms with Crippen molar-refractivity contribution in [1.82, 2.24) is 9.21 Å². The van der Waals surface area contributed by atoms with E-state index in [-0.39, 0.29) is 16.9 Å². The standard InChI is InChI=1S/C19H32N2O3S/c1-18(20(2)17(22)24-3)10-16(11-18)25(23)21-12-19(13-21)8-15(9-19)14-6-4-5-7-14/h14-16H,4-13H2,1-3H3/t16-,18+,25?. The molecule has 142 valence electrons. The number of carbonyl (C=O) groups excluding carboxylic acids is 1. The molecule has 4 aliphatic rings. The summed E-state index contributed by atoms with van der Waals surface area (Å²) in [6.45, 7) is 4.12. The zero-order valence-electron chi connectivity index (χ0n) is 15.8. The molecule has 5 nitrogen and oxygen atoms in total. The van der Waals surface area contributed by atoms with Crippen molar-refractivity contribution in [2.24, 2.45) is 17.3 Å². The van der Waals surface area contributed by atoms with E-state index < -0.39 is 11.4 Å². The van der Waals surface area contributed by atoms with E-state index in [2.05, 4.69) is 11.2 Å². The lowest BCUT2D eigenvalue weighted by Gasteiger charge is -2.60. The van der Waals surface area contributed by atoms with Gasteiger partial charge in [0, 0.05) is 36.7 Å². The Hall–Kier alpha value is -0.460. The second-order valence-electron chi connectivity index (χ2n) is 9.34. The molecule has 1 atom stereocenters. The Balaban J connectivity index is 1.21. The highest BCUT2D eigenvalue weighted by molar-refractivity contribution is 7.89. The summed E-state index contributed by atoms with van der Waals surface area (Å²) in [6.07, 6.45) is 9.82. The van der Waals surface area contributed by atoms with Crippen LogP contribution in [0.5, 0.6) is 0 Å². The van der Waals surface area contributed by atoms with Crippen LogP contribution >= 0.6 is 0 Å². The number of hydrogen-bond acceptors (Lipinski definition) is 4. The Morgan fingerprint density at radius 2 is 1.76 bits per heavy atom. The van der Waals surface area contributed by atoms with Crippen molar-refractivity contribution < 1.29 is 14.1 Å². The first-order valence-corrected chi connectivity index (χ1v) is 11.0. The molecule has 1 heterocycles. The smallest absolute Gasteiger partial charge is 0.409 e. The third kappa shape index (κ3) is 2.98. The summed E-state index contributed by atoms with van der Waals surface area (Å²) in [6, 6.07) is 0. The van der Waals surface area contributed by atoms with E-state index in [0.717, 1.165) is 37.8 Å². The van der Waals surface area contributed by atoms with Crippen molar-refractivity contribution in [3.8, 4) is 0 Å². The summed E-state index contributed by atoms with van der Waals surface area (Å²) < 4.78 is 19.8. The number of carbonyl (C=O) groups is 1. The maximum atomic E-state index is 12.8. The molecule has 0 aromatic carbocycles. The Morgan fingerprint density at radius 1 is 1.16 bits per heavy atom. The van der Waals surface area contributed by atoms with Crippen LogP contribution < -0.4 is 0 Å². The summed E-state index contributed by atoms with van der Waals surface area (Å²) in [5.74, 6) is 1.95. The molecular weight excluding hydrogens is 336 g/mol. The SMILES string of the molecule is COC(=O)N(C)[C@]1(C)C[C@H]([S+]([O-])N2CC3(CC(C4CCCC4)C3)C2)C1. The normalized spacial score (nSPS) is 36.4. The topological polar surface area (TPSA) is 55.8 Å². The van der Waals surface area contributed by atoms with Crippen LogP contribution in [0, 0.1) is 17.3 Å². The fraction of sp³-hybridized carbons (Fsp3) is 0.947. The minimum atomic E-state index is -0.887. The molecule has 0 bridgehead atoms. The van der Waals surface area contributed by atoms with Gasteiger partial charge in [0.25, 0.3) is 0 Å². The molecule has 4 fully saturated rings. The molecule has 1 spiro atoms. The van der Waals surface area contributed by atoms with E-state index in [9.17, 15) is 9.35 Å². The van der Waals surface area contributed by atoms with Crippen LogP contribution in [0.25, 0.3) is 0 Å². The first-order valence-electron chi connectivity index (χ1n) is 9.83. The van der Waals surface area contributed by atoms with E-state index >= 15 is 0 Å². The molecule has 1 amide bonds. The summed E-state index contributed by atoms with van der Waals surface area (Å²) in [4.78, 5) is 13.4. The van der Waals surface area contributed by atoms with E-state index in [4.69, 9.17) is 4.74 Å². The van der Waals surface area contributed by atoms with Crippen LogP contribution in [-0.2, 0) is 16.1 Å². The maximum absolute atomic E-state index is 12.8. The second kappa shape index (κ2) is 6.31. The van der Waals surface area contributed by atoms with Gasteiger partial charge in [-0.1, -0.05) is 25.7 Å². The minimum absolute atomic E-state index is 0.195. The highest BCUT2D eigenvalue weighted by atomic mass is 32.2. The molecular formula is C19H32N2O3S. The van der Waals surface area contributed by atoms with Gasteiger partial charge in [-0.25, -0.2) is 4.79 Å². The zero-order chi connectivity index (χ0) is 17.8. The van der Waals surface area contributed by atoms with Crippen molar-refractivity contribution >= 4 is 17.5 Å². The van der Waals surface area contributed by atoms with Crippen molar-refractivity contribution in [3.63, 3.8) is 0 Å². The van der Waals surface area contributed by atoms with Gasteiger partial charge in [0.2, 0.25) is 0 Å². The first kappa shape index (κ1) is 17.9. The fourth-order valence-corrected chi connectivity index (χ4v) is 8.03. The summed E-state index contributed by atoms with van der Waals surface area (Å²) in [7, 11) is 3.19. The van der Waals surface area contributed by atoms with Crippen LogP contribution in [0.1, 0.15) is 58.3 Å². The van der Waals surface area contributed by atoms with Gasteiger partial charge in [-0.15, -0.1) is 4.31 Å². The van der Waals surface area contributed by atoms with E-state index in [1.807, 2.05) is 0 Å². The monoisotopic (exact) mass is 368 g/mol. The first-order chi connectivity index (χ1) is 11.9. The number of rotatable bonds is 4. The van der Waals surface area contributed by atoms with E-state index in [1.54, 1.807) is 11.9 Å². The Bertz CT molecular complexity index is 517. The molecule has 0 radical (unpaired) electrons. The molecule has 0 aromatic rings. The number of methoxy groups -OCH3 is 1. The van der Waals surface area contributed by atoms with Gasteiger partial charge >= 0.3 is 6.09 Å². The van der Waals surface area contributed by atoms with Crippen LogP contribution in [0.2, 0.25) is 0 Å². The fourth-order valence-electron chi connectivity index (χ4n) is 5.81. The van der Waals surface area contributed by atoms with Crippen LogP contribution in [0.4, 0.5) is 4.79 Å². The van der Waals surface area contributed by atoms with Gasteiger partial charge in [0.05, 0.1) is 25.7 Å². The van der Waals surface area contributed by atoms with E-state index in [1.165, 1.54) is 45.6 Å². The summed E-state index contributed by atoms with van der Waals surface area (Å²) in [5, 5.41) is 0.195. The van der Waals surface area contributed by atoms with E-state index in [0.29, 0.717) is 5.41 Å². The van der Waals surface area contributed by atoms with Crippen LogP contribution in [0.3, 0.4) is 0 Å². The highest BCUT2D eigenvalue weighted by Crippen LogP contribution is 2.58. The quantitative estimate of drug-likeness (QED) is 0.715. The largest absolute Gasteiger partial charge is 0.598 e. The van der Waals surface area contributed by atoms with Gasteiger partial charge in [-0.2, -0.15) is 0 Å². The number of ether oxygens (including phenoxy) is 1. The molecule has 6 heteroatoms. The maximum Gasteiger partial charge on any atom is 0.409 e. The Morgan fingerprint density at radius 3 is 2.32 bits per heavy atom. The number of hydrogen-bond donors (Lipinski definition) is 0. The molecule has 0 aromatic heterocycles. The lowest BCUT2D eigenvalue weighted by molar-refractivity contribution is -0.0734. The third-order valence-electron chi connectivity index (χ3n) is 7.61. The Kier molecular flexibility index (Phi) is 4.52. The molecule has 4 rings (SSSR count). The van der Waals surface area contributed by atoms with Gasteiger partial charge < -0.3 is 14.2 Å². The zero-order valence-corrected chi connectivity index (χ0v) is 16.6. The molecule has 1 saturated heterocycles.